The van der Waals surface area contributed by atoms with E-state index in [1.807, 2.05) is 61.7 Å². The molecule has 37 heavy (non-hydrogen) atoms. The van der Waals surface area contributed by atoms with Crippen LogP contribution in [0.1, 0.15) is 17.3 Å². The molecule has 0 saturated carbocycles. The molecular formula is C28H27ClN4O4. The molecule has 0 unspecified atom stereocenters. The molecule has 4 rings (SSSR count). The molecule has 2 amide bonds. The van der Waals surface area contributed by atoms with Crippen LogP contribution in [-0.4, -0.2) is 53.6 Å². The van der Waals surface area contributed by atoms with E-state index in [0.29, 0.717) is 34.5 Å². The van der Waals surface area contributed by atoms with E-state index in [-0.39, 0.29) is 18.4 Å². The second-order valence-electron chi connectivity index (χ2n) is 8.09. The lowest BCUT2D eigenvalue weighted by atomic mass is 10.1. The van der Waals surface area contributed by atoms with Gasteiger partial charge in [0.25, 0.3) is 5.91 Å². The lowest BCUT2D eigenvalue weighted by Gasteiger charge is -2.21. The van der Waals surface area contributed by atoms with E-state index in [9.17, 15) is 9.59 Å². The maximum absolute atomic E-state index is 13.1. The summed E-state index contributed by atoms with van der Waals surface area (Å²) >= 11 is 6.20. The number of hydrogen-bond acceptors (Lipinski definition) is 5. The number of carbonyl (C=O) groups is 2. The highest BCUT2D eigenvalue weighted by molar-refractivity contribution is 6.33. The van der Waals surface area contributed by atoms with Crippen LogP contribution in [0.25, 0.3) is 16.9 Å². The molecule has 0 atom stereocenters. The first-order valence-electron chi connectivity index (χ1n) is 11.7. The summed E-state index contributed by atoms with van der Waals surface area (Å²) in [6.07, 6.45) is 1.84. The second kappa shape index (κ2) is 11.6. The number of likely N-dealkylation sites (N-methyl/N-ethyl adjacent to an activating group) is 1. The molecule has 190 valence electrons. The normalized spacial score (nSPS) is 10.6. The number of anilines is 1. The number of amides is 2. The standard InChI is InChI=1S/C28H27ClN4O4/c1-4-32(27(35)23-7-5-6-8-24(23)29)18-26(34)31-28-30-25(19-9-13-21(36-2)14-10-19)17-33(28)20-11-15-22(37-3)16-12-20/h5-17H,4,18H2,1-3H3,(H,30,31,34). The van der Waals surface area contributed by atoms with Crippen LogP contribution in [0.4, 0.5) is 5.95 Å². The van der Waals surface area contributed by atoms with E-state index < -0.39 is 0 Å². The first-order chi connectivity index (χ1) is 17.9. The van der Waals surface area contributed by atoms with Gasteiger partial charge in [0.1, 0.15) is 18.0 Å². The van der Waals surface area contributed by atoms with Gasteiger partial charge in [-0.1, -0.05) is 23.7 Å². The first kappa shape index (κ1) is 25.8. The smallest absolute Gasteiger partial charge is 0.255 e. The Bertz CT molecular complexity index is 1380. The Hall–Kier alpha value is -4.30. The number of carbonyl (C=O) groups excluding carboxylic acids is 2. The number of nitrogens with one attached hydrogen (secondary N) is 1. The van der Waals surface area contributed by atoms with Crippen LogP contribution in [0.15, 0.2) is 79.0 Å². The number of imidazole rings is 1. The van der Waals surface area contributed by atoms with E-state index >= 15 is 0 Å². The highest BCUT2D eigenvalue weighted by Crippen LogP contribution is 2.27. The van der Waals surface area contributed by atoms with Gasteiger partial charge in [-0.25, -0.2) is 4.98 Å². The van der Waals surface area contributed by atoms with Crippen molar-refractivity contribution in [2.45, 2.75) is 6.92 Å². The fourth-order valence-corrected chi connectivity index (χ4v) is 4.00. The molecule has 0 aliphatic rings. The second-order valence-corrected chi connectivity index (χ2v) is 8.50. The quantitative estimate of drug-likeness (QED) is 0.324. The fraction of sp³-hybridized carbons (Fsp3) is 0.179. The summed E-state index contributed by atoms with van der Waals surface area (Å²) in [6, 6.07) is 21.7. The van der Waals surface area contributed by atoms with Crippen molar-refractivity contribution in [1.82, 2.24) is 14.5 Å². The number of aromatic nitrogens is 2. The van der Waals surface area contributed by atoms with E-state index in [4.69, 9.17) is 21.1 Å². The minimum Gasteiger partial charge on any atom is -0.497 e. The molecule has 1 aromatic heterocycles. The van der Waals surface area contributed by atoms with E-state index in [0.717, 1.165) is 17.0 Å². The van der Waals surface area contributed by atoms with Crippen LogP contribution in [0.5, 0.6) is 11.5 Å². The zero-order valence-corrected chi connectivity index (χ0v) is 21.5. The Kier molecular flexibility index (Phi) is 8.10. The Morgan fingerprint density at radius 2 is 1.57 bits per heavy atom. The van der Waals surface area contributed by atoms with Crippen molar-refractivity contribution >= 4 is 29.4 Å². The first-order valence-corrected chi connectivity index (χ1v) is 12.0. The summed E-state index contributed by atoms with van der Waals surface area (Å²) in [5.74, 6) is 1.06. The Balaban J connectivity index is 1.61. The molecule has 0 spiro atoms. The summed E-state index contributed by atoms with van der Waals surface area (Å²) in [5.41, 5.74) is 2.64. The zero-order chi connectivity index (χ0) is 26.4. The van der Waals surface area contributed by atoms with E-state index in [1.54, 1.807) is 43.1 Å². The summed E-state index contributed by atoms with van der Waals surface area (Å²) in [6.45, 7) is 1.98. The van der Waals surface area contributed by atoms with Gasteiger partial charge in [-0.15, -0.1) is 0 Å². The average molecular weight is 519 g/mol. The Morgan fingerprint density at radius 3 is 2.16 bits per heavy atom. The maximum Gasteiger partial charge on any atom is 0.255 e. The molecule has 0 fully saturated rings. The minimum absolute atomic E-state index is 0.159. The van der Waals surface area contributed by atoms with E-state index in [1.165, 1.54) is 4.90 Å². The third-order valence-corrected chi connectivity index (χ3v) is 6.13. The molecule has 0 radical (unpaired) electrons. The highest BCUT2D eigenvalue weighted by Gasteiger charge is 2.21. The largest absolute Gasteiger partial charge is 0.497 e. The minimum atomic E-state index is -0.385. The van der Waals surface area contributed by atoms with Crippen molar-refractivity contribution in [1.29, 1.82) is 0 Å². The average Bonchev–Trinajstić information content (AvgIpc) is 3.35. The van der Waals surface area contributed by atoms with Crippen LogP contribution >= 0.6 is 11.6 Å². The summed E-state index contributed by atoms with van der Waals surface area (Å²) in [4.78, 5) is 32.2. The van der Waals surface area contributed by atoms with Gasteiger partial charge in [-0.05, 0) is 67.6 Å². The molecule has 1 N–H and O–H groups in total. The predicted molar refractivity (Wildman–Crippen MR) is 144 cm³/mol. The zero-order valence-electron chi connectivity index (χ0n) is 20.8. The molecule has 4 aromatic rings. The molecule has 0 aliphatic heterocycles. The van der Waals surface area contributed by atoms with E-state index in [2.05, 4.69) is 10.3 Å². The Morgan fingerprint density at radius 1 is 0.946 bits per heavy atom. The van der Waals surface area contributed by atoms with Gasteiger partial charge in [-0.3, -0.25) is 19.5 Å². The number of halogens is 1. The summed E-state index contributed by atoms with van der Waals surface area (Å²) < 4.78 is 12.3. The number of hydrogen-bond donors (Lipinski definition) is 1. The molecule has 1 heterocycles. The van der Waals surface area contributed by atoms with Crippen molar-refractivity contribution in [2.24, 2.45) is 0 Å². The number of nitrogens with zero attached hydrogens (tertiary/aromatic N) is 3. The molecule has 0 bridgehead atoms. The van der Waals surface area contributed by atoms with Crippen LogP contribution in [0.2, 0.25) is 5.02 Å². The van der Waals surface area contributed by atoms with Gasteiger partial charge in [0.2, 0.25) is 11.9 Å². The number of rotatable bonds is 9. The summed E-state index contributed by atoms with van der Waals surface area (Å²) in [5, 5.41) is 3.20. The lowest BCUT2D eigenvalue weighted by molar-refractivity contribution is -0.116. The van der Waals surface area contributed by atoms with Crippen molar-refractivity contribution in [3.8, 4) is 28.4 Å². The van der Waals surface area contributed by atoms with Gasteiger partial charge < -0.3 is 14.4 Å². The maximum atomic E-state index is 13.1. The topological polar surface area (TPSA) is 85.7 Å². The molecular weight excluding hydrogens is 492 g/mol. The Labute approximate surface area is 220 Å². The third kappa shape index (κ3) is 5.92. The van der Waals surface area contributed by atoms with Gasteiger partial charge in [-0.2, -0.15) is 0 Å². The van der Waals surface area contributed by atoms with Gasteiger partial charge in [0, 0.05) is 24.0 Å². The van der Waals surface area contributed by atoms with Crippen molar-refractivity contribution in [2.75, 3.05) is 32.6 Å². The molecule has 0 saturated heterocycles. The fourth-order valence-electron chi connectivity index (χ4n) is 3.78. The van der Waals surface area contributed by atoms with Gasteiger partial charge in [0.15, 0.2) is 0 Å². The number of benzene rings is 3. The molecule has 8 nitrogen and oxygen atoms in total. The molecule has 0 aliphatic carbocycles. The van der Waals surface area contributed by atoms with Crippen molar-refractivity contribution in [3.05, 3.63) is 89.6 Å². The summed E-state index contributed by atoms with van der Waals surface area (Å²) in [7, 11) is 3.21. The van der Waals surface area contributed by atoms with Crippen LogP contribution in [0.3, 0.4) is 0 Å². The number of ether oxygens (including phenoxy) is 2. The molecule has 9 heteroatoms. The van der Waals surface area contributed by atoms with Gasteiger partial charge >= 0.3 is 0 Å². The van der Waals surface area contributed by atoms with Crippen LogP contribution in [0, 0.1) is 0 Å². The van der Waals surface area contributed by atoms with Crippen molar-refractivity contribution < 1.29 is 19.1 Å². The molecule has 3 aromatic carbocycles. The lowest BCUT2D eigenvalue weighted by Crippen LogP contribution is -2.38. The highest BCUT2D eigenvalue weighted by atomic mass is 35.5. The van der Waals surface area contributed by atoms with Crippen molar-refractivity contribution in [3.63, 3.8) is 0 Å². The SMILES string of the molecule is CCN(CC(=O)Nc1nc(-c2ccc(OC)cc2)cn1-c1ccc(OC)cc1)C(=O)c1ccccc1Cl. The van der Waals surface area contributed by atoms with Gasteiger partial charge in [0.05, 0.1) is 30.5 Å². The monoisotopic (exact) mass is 518 g/mol. The number of methoxy groups -OCH3 is 2. The predicted octanol–water partition coefficient (Wildman–Crippen LogP) is 5.31. The van der Waals surface area contributed by atoms with Crippen LogP contribution in [-0.2, 0) is 4.79 Å². The third-order valence-electron chi connectivity index (χ3n) is 5.80. The van der Waals surface area contributed by atoms with Crippen LogP contribution < -0.4 is 14.8 Å².